The van der Waals surface area contributed by atoms with Gasteiger partial charge in [-0.05, 0) is 42.8 Å². The molecule has 4 heterocycles. The van der Waals surface area contributed by atoms with Gasteiger partial charge in [-0.2, -0.15) is 5.26 Å². The third-order valence-electron chi connectivity index (χ3n) is 5.94. The van der Waals surface area contributed by atoms with Crippen LogP contribution in [-0.4, -0.2) is 43.2 Å². The molecule has 5 rings (SSSR count). The number of carbonyl (C=O) groups excluding carboxylic acids is 1. The van der Waals surface area contributed by atoms with Crippen molar-refractivity contribution in [1.29, 1.82) is 5.26 Å². The lowest BCUT2D eigenvalue weighted by Crippen LogP contribution is -2.26. The van der Waals surface area contributed by atoms with Crippen molar-refractivity contribution in [3.05, 3.63) is 78.5 Å². The van der Waals surface area contributed by atoms with E-state index in [0.29, 0.717) is 30.0 Å². The van der Waals surface area contributed by atoms with E-state index in [9.17, 15) is 4.79 Å². The number of fused-ring (bicyclic) bond motifs is 1. The van der Waals surface area contributed by atoms with E-state index in [1.165, 1.54) is 36.5 Å². The largest absolute Gasteiger partial charge is 0.436 e. The van der Waals surface area contributed by atoms with Crippen LogP contribution in [0.15, 0.2) is 61.4 Å². The van der Waals surface area contributed by atoms with Gasteiger partial charge < -0.3 is 15.4 Å². The van der Waals surface area contributed by atoms with Gasteiger partial charge in [-0.25, -0.2) is 19.3 Å². The van der Waals surface area contributed by atoms with E-state index in [-0.39, 0.29) is 29.4 Å². The Morgan fingerprint density at radius 1 is 1.26 bits per heavy atom. The summed E-state index contributed by atoms with van der Waals surface area (Å²) in [7, 11) is 0. The average Bonchev–Trinajstić information content (AvgIpc) is 3.51. The van der Waals surface area contributed by atoms with Crippen LogP contribution in [0.3, 0.4) is 0 Å². The van der Waals surface area contributed by atoms with E-state index < -0.39 is 5.82 Å². The smallest absolute Gasteiger partial charge is 0.245 e. The lowest BCUT2D eigenvalue weighted by molar-refractivity contribution is -0.125. The first-order valence-electron chi connectivity index (χ1n) is 10.9. The number of nitrogens with two attached hydrogens (primary N) is 1. The van der Waals surface area contributed by atoms with Gasteiger partial charge in [0.05, 0.1) is 22.8 Å². The van der Waals surface area contributed by atoms with E-state index >= 15 is 4.39 Å². The van der Waals surface area contributed by atoms with E-state index in [0.717, 1.165) is 17.6 Å². The van der Waals surface area contributed by atoms with Crippen molar-refractivity contribution < 1.29 is 13.9 Å². The molecule has 3 aromatic heterocycles. The number of pyridine rings is 1. The molecule has 1 unspecified atom stereocenters. The molecule has 0 saturated carbocycles. The standard InChI is InChI=1S/C25H20FN7O2/c1-2-22(34)32-10-7-17(14-32)23-19-6-9-30-25(28)33(19)24(31-23)16-3-4-20(18(26)12-16)35-21-11-15(13-27)5-8-29-21/h2-6,8-9,11-12,17H,1,7,10,14H2,(H2,28,30). The molecule has 4 aromatic rings. The minimum atomic E-state index is -0.629. The molecule has 35 heavy (non-hydrogen) atoms. The van der Waals surface area contributed by atoms with Gasteiger partial charge >= 0.3 is 0 Å². The van der Waals surface area contributed by atoms with Crippen molar-refractivity contribution in [2.24, 2.45) is 0 Å². The third-order valence-corrected chi connectivity index (χ3v) is 5.94. The van der Waals surface area contributed by atoms with Gasteiger partial charge in [-0.15, -0.1) is 0 Å². The Morgan fingerprint density at radius 3 is 2.86 bits per heavy atom. The minimum absolute atomic E-state index is 0.00427. The fraction of sp³-hybridized carbons (Fsp3) is 0.160. The Bertz CT molecular complexity index is 1510. The zero-order valence-corrected chi connectivity index (χ0v) is 18.6. The number of benzene rings is 1. The molecule has 1 amide bonds. The highest BCUT2D eigenvalue weighted by molar-refractivity contribution is 5.87. The number of nitriles is 1. The third kappa shape index (κ3) is 4.04. The Hall–Kier alpha value is -4.78. The molecule has 0 radical (unpaired) electrons. The Kier molecular flexibility index (Phi) is 5.58. The molecule has 10 heteroatoms. The Morgan fingerprint density at radius 2 is 2.09 bits per heavy atom. The number of likely N-dealkylation sites (tertiary alicyclic amines) is 1. The van der Waals surface area contributed by atoms with Crippen molar-refractivity contribution >= 4 is 17.4 Å². The van der Waals surface area contributed by atoms with Crippen LogP contribution in [0.4, 0.5) is 10.3 Å². The first-order chi connectivity index (χ1) is 17.0. The highest BCUT2D eigenvalue weighted by atomic mass is 19.1. The van der Waals surface area contributed by atoms with Gasteiger partial charge in [0, 0.05) is 43.0 Å². The quantitative estimate of drug-likeness (QED) is 0.442. The maximum atomic E-state index is 15.0. The van der Waals surface area contributed by atoms with Crippen LogP contribution in [0, 0.1) is 17.1 Å². The molecule has 0 aliphatic carbocycles. The van der Waals surface area contributed by atoms with Crippen molar-refractivity contribution in [2.45, 2.75) is 12.3 Å². The number of hydrogen-bond acceptors (Lipinski definition) is 7. The Balaban J connectivity index is 1.51. The lowest BCUT2D eigenvalue weighted by Gasteiger charge is -2.13. The number of imidazole rings is 1. The molecule has 0 bridgehead atoms. The van der Waals surface area contributed by atoms with Crippen molar-refractivity contribution in [3.63, 3.8) is 0 Å². The fourth-order valence-corrected chi connectivity index (χ4v) is 4.26. The zero-order valence-electron chi connectivity index (χ0n) is 18.6. The molecule has 1 fully saturated rings. The minimum Gasteiger partial charge on any atom is -0.436 e. The highest BCUT2D eigenvalue weighted by Crippen LogP contribution is 2.35. The van der Waals surface area contributed by atoms with Gasteiger partial charge in [-0.1, -0.05) is 6.58 Å². The lowest BCUT2D eigenvalue weighted by atomic mass is 10.0. The van der Waals surface area contributed by atoms with Gasteiger partial charge in [0.15, 0.2) is 11.6 Å². The predicted octanol–water partition coefficient (Wildman–Crippen LogP) is 3.68. The van der Waals surface area contributed by atoms with Crippen molar-refractivity contribution in [2.75, 3.05) is 18.8 Å². The van der Waals surface area contributed by atoms with E-state index in [2.05, 4.69) is 16.5 Å². The summed E-state index contributed by atoms with van der Waals surface area (Å²) in [5, 5.41) is 9.03. The molecular formula is C25H20FN7O2. The fourth-order valence-electron chi connectivity index (χ4n) is 4.26. The summed E-state index contributed by atoms with van der Waals surface area (Å²) in [6.07, 6.45) is 5.06. The number of aromatic nitrogens is 4. The van der Waals surface area contributed by atoms with E-state index in [1.807, 2.05) is 12.1 Å². The van der Waals surface area contributed by atoms with Crippen LogP contribution in [0.2, 0.25) is 0 Å². The number of ether oxygens (including phenoxy) is 1. The second-order valence-corrected chi connectivity index (χ2v) is 8.06. The number of carbonyl (C=O) groups is 1. The van der Waals surface area contributed by atoms with Gasteiger partial charge in [0.2, 0.25) is 17.7 Å². The van der Waals surface area contributed by atoms with E-state index in [1.54, 1.807) is 21.6 Å². The maximum Gasteiger partial charge on any atom is 0.245 e. The second-order valence-electron chi connectivity index (χ2n) is 8.06. The van der Waals surface area contributed by atoms with Crippen LogP contribution in [-0.2, 0) is 4.79 Å². The topological polar surface area (TPSA) is 122 Å². The maximum absolute atomic E-state index is 15.0. The van der Waals surface area contributed by atoms with Crippen LogP contribution in [0.25, 0.3) is 16.9 Å². The predicted molar refractivity (Wildman–Crippen MR) is 126 cm³/mol. The normalized spacial score (nSPS) is 15.2. The van der Waals surface area contributed by atoms with Crippen molar-refractivity contribution in [1.82, 2.24) is 24.3 Å². The average molecular weight is 469 g/mol. The summed E-state index contributed by atoms with van der Waals surface area (Å²) in [4.78, 5) is 26.8. The zero-order chi connectivity index (χ0) is 24.5. The molecule has 174 valence electrons. The Labute approximate surface area is 199 Å². The molecule has 1 atom stereocenters. The number of amides is 1. The molecule has 2 N–H and O–H groups in total. The SMILES string of the molecule is C=CC(=O)N1CCC(c2nc(-c3ccc(Oc4cc(C#N)ccn4)c(F)c3)n3c(N)nccc23)C1. The number of anilines is 1. The molecular weight excluding hydrogens is 449 g/mol. The number of halogens is 1. The second kappa shape index (κ2) is 8.87. The molecule has 1 aliphatic rings. The number of nitrogen functional groups attached to an aromatic ring is 1. The van der Waals surface area contributed by atoms with Gasteiger partial charge in [-0.3, -0.25) is 9.20 Å². The molecule has 9 nitrogen and oxygen atoms in total. The summed E-state index contributed by atoms with van der Waals surface area (Å²) in [5.74, 6) is -0.0394. The molecule has 0 spiro atoms. The summed E-state index contributed by atoms with van der Waals surface area (Å²) >= 11 is 0. The monoisotopic (exact) mass is 469 g/mol. The van der Waals surface area contributed by atoms with Crippen LogP contribution in [0.1, 0.15) is 23.6 Å². The van der Waals surface area contributed by atoms with Crippen LogP contribution >= 0.6 is 0 Å². The summed E-state index contributed by atoms with van der Waals surface area (Å²) in [6.45, 7) is 4.67. The summed E-state index contributed by atoms with van der Waals surface area (Å²) in [6, 6.07) is 11.2. The number of rotatable bonds is 5. The number of nitrogens with zero attached hydrogens (tertiary/aromatic N) is 6. The van der Waals surface area contributed by atoms with Crippen LogP contribution < -0.4 is 10.5 Å². The first-order valence-corrected chi connectivity index (χ1v) is 10.9. The molecule has 1 aliphatic heterocycles. The molecule has 1 saturated heterocycles. The van der Waals surface area contributed by atoms with Crippen molar-refractivity contribution in [3.8, 4) is 29.1 Å². The van der Waals surface area contributed by atoms with Gasteiger partial charge in [0.1, 0.15) is 5.82 Å². The van der Waals surface area contributed by atoms with Crippen LogP contribution in [0.5, 0.6) is 11.6 Å². The summed E-state index contributed by atoms with van der Waals surface area (Å²) < 4.78 is 22.3. The van der Waals surface area contributed by atoms with E-state index in [4.69, 9.17) is 20.7 Å². The molecule has 1 aromatic carbocycles. The first kappa shape index (κ1) is 22.0. The number of hydrogen-bond donors (Lipinski definition) is 1. The van der Waals surface area contributed by atoms with Gasteiger partial charge in [0.25, 0.3) is 0 Å². The summed E-state index contributed by atoms with van der Waals surface area (Å²) in [5.41, 5.74) is 8.54. The highest BCUT2D eigenvalue weighted by Gasteiger charge is 2.30.